The maximum atomic E-state index is 12.5. The lowest BCUT2D eigenvalue weighted by Gasteiger charge is -2.30. The summed E-state index contributed by atoms with van der Waals surface area (Å²) in [6.07, 6.45) is 1.07. The Bertz CT molecular complexity index is 846. The van der Waals surface area contributed by atoms with E-state index in [1.807, 2.05) is 5.32 Å². The number of rotatable bonds is 6. The minimum Gasteiger partial charge on any atom is -0.480 e. The van der Waals surface area contributed by atoms with Gasteiger partial charge in [0, 0.05) is 25.8 Å². The predicted octanol–water partition coefficient (Wildman–Crippen LogP) is -0.791. The van der Waals surface area contributed by atoms with E-state index in [0.717, 1.165) is 6.26 Å². The second kappa shape index (κ2) is 7.65. The van der Waals surface area contributed by atoms with Crippen LogP contribution in [0.1, 0.15) is 12.0 Å². The van der Waals surface area contributed by atoms with Crippen LogP contribution < -0.4 is 5.32 Å². The van der Waals surface area contributed by atoms with Crippen molar-refractivity contribution >= 4 is 33.4 Å². The smallest absolute Gasteiger partial charge is 0.322 e. The van der Waals surface area contributed by atoms with Crippen LogP contribution in [-0.2, 0) is 35.6 Å². The SMILES string of the molecule is CS(=O)(=O)c1ccc(CN2CCC(=O)C(C(=O)NCC(=O)O)C2=O)cc1. The number of carboxylic acids is 1. The fourth-order valence-electron chi connectivity index (χ4n) is 2.56. The Labute approximate surface area is 149 Å². The summed E-state index contributed by atoms with van der Waals surface area (Å²) in [6.45, 7) is -0.435. The van der Waals surface area contributed by atoms with Crippen LogP contribution in [0.4, 0.5) is 0 Å². The number of hydrogen-bond donors (Lipinski definition) is 2. The van der Waals surface area contributed by atoms with E-state index in [4.69, 9.17) is 5.11 Å². The van der Waals surface area contributed by atoms with Crippen molar-refractivity contribution in [3.05, 3.63) is 29.8 Å². The molecule has 0 radical (unpaired) electrons. The van der Waals surface area contributed by atoms with Gasteiger partial charge in [0.2, 0.25) is 11.8 Å². The number of likely N-dealkylation sites (tertiary alicyclic amines) is 1. The number of hydrogen-bond acceptors (Lipinski definition) is 6. The van der Waals surface area contributed by atoms with E-state index in [-0.39, 0.29) is 24.4 Å². The molecule has 0 aliphatic carbocycles. The van der Waals surface area contributed by atoms with Crippen LogP contribution in [0.3, 0.4) is 0 Å². The molecular formula is C16H18N2O7S. The number of carboxylic acid groups (broad SMARTS) is 1. The average Bonchev–Trinajstić information content (AvgIpc) is 2.55. The van der Waals surface area contributed by atoms with Gasteiger partial charge < -0.3 is 15.3 Å². The minimum atomic E-state index is -3.33. The molecule has 1 fully saturated rings. The molecular weight excluding hydrogens is 364 g/mol. The van der Waals surface area contributed by atoms with Crippen LogP contribution in [0.2, 0.25) is 0 Å². The third-order valence-corrected chi connectivity index (χ3v) is 5.04. The normalized spacial score (nSPS) is 17.9. The number of benzene rings is 1. The number of sulfone groups is 1. The summed E-state index contributed by atoms with van der Waals surface area (Å²) in [5, 5.41) is 10.6. The summed E-state index contributed by atoms with van der Waals surface area (Å²) in [6, 6.07) is 5.95. The van der Waals surface area contributed by atoms with Crippen LogP contribution >= 0.6 is 0 Å². The van der Waals surface area contributed by atoms with Crippen LogP contribution in [0.5, 0.6) is 0 Å². The van der Waals surface area contributed by atoms with Crippen LogP contribution in [0.25, 0.3) is 0 Å². The summed E-state index contributed by atoms with van der Waals surface area (Å²) < 4.78 is 22.9. The zero-order valence-corrected chi connectivity index (χ0v) is 14.8. The molecule has 2 rings (SSSR count). The molecule has 2 amide bonds. The summed E-state index contributed by atoms with van der Waals surface area (Å²) >= 11 is 0. The van der Waals surface area contributed by atoms with E-state index in [1.165, 1.54) is 17.0 Å². The third kappa shape index (κ3) is 4.66. The minimum absolute atomic E-state index is 0.0156. The molecule has 9 nitrogen and oxygen atoms in total. The van der Waals surface area contributed by atoms with Gasteiger partial charge in [0.25, 0.3) is 0 Å². The quantitative estimate of drug-likeness (QED) is 0.615. The van der Waals surface area contributed by atoms with E-state index in [1.54, 1.807) is 12.1 Å². The molecule has 1 saturated heterocycles. The molecule has 0 spiro atoms. The highest BCUT2D eigenvalue weighted by atomic mass is 32.2. The molecule has 1 aromatic rings. The molecule has 2 N–H and O–H groups in total. The molecule has 1 aliphatic rings. The van der Waals surface area contributed by atoms with Crippen molar-refractivity contribution in [3.63, 3.8) is 0 Å². The van der Waals surface area contributed by atoms with E-state index in [2.05, 4.69) is 0 Å². The number of aliphatic carboxylic acids is 1. The number of Topliss-reactive ketones (excluding diaryl/α,β-unsaturated/α-hetero) is 1. The number of nitrogens with one attached hydrogen (secondary N) is 1. The lowest BCUT2D eigenvalue weighted by atomic mass is 9.94. The molecule has 0 bridgehead atoms. The Morgan fingerprint density at radius 2 is 1.85 bits per heavy atom. The average molecular weight is 382 g/mol. The largest absolute Gasteiger partial charge is 0.480 e. The maximum absolute atomic E-state index is 12.5. The Kier molecular flexibility index (Phi) is 5.76. The lowest BCUT2D eigenvalue weighted by molar-refractivity contribution is -0.152. The summed E-state index contributed by atoms with van der Waals surface area (Å²) in [7, 11) is -3.33. The first-order chi connectivity index (χ1) is 12.1. The number of piperidine rings is 1. The molecule has 140 valence electrons. The molecule has 0 aromatic heterocycles. The van der Waals surface area contributed by atoms with E-state index >= 15 is 0 Å². The fourth-order valence-corrected chi connectivity index (χ4v) is 3.19. The van der Waals surface area contributed by atoms with Gasteiger partial charge in [0.05, 0.1) is 4.90 Å². The number of nitrogens with zero attached hydrogens (tertiary/aromatic N) is 1. The van der Waals surface area contributed by atoms with Gasteiger partial charge in [0.1, 0.15) is 6.54 Å². The second-order valence-corrected chi connectivity index (χ2v) is 7.95. The van der Waals surface area contributed by atoms with Gasteiger partial charge in [-0.15, -0.1) is 0 Å². The van der Waals surface area contributed by atoms with E-state index in [9.17, 15) is 27.6 Å². The third-order valence-electron chi connectivity index (χ3n) is 3.91. The van der Waals surface area contributed by atoms with Crippen LogP contribution in [0.15, 0.2) is 29.2 Å². The van der Waals surface area contributed by atoms with Crippen molar-refractivity contribution in [1.82, 2.24) is 10.2 Å². The van der Waals surface area contributed by atoms with Gasteiger partial charge >= 0.3 is 5.97 Å². The first-order valence-corrected chi connectivity index (χ1v) is 9.58. The predicted molar refractivity (Wildman–Crippen MR) is 88.7 cm³/mol. The number of amides is 2. The molecule has 1 heterocycles. The molecule has 1 unspecified atom stereocenters. The zero-order chi connectivity index (χ0) is 19.5. The van der Waals surface area contributed by atoms with Crippen molar-refractivity contribution < 1.29 is 32.7 Å². The zero-order valence-electron chi connectivity index (χ0n) is 14.0. The van der Waals surface area contributed by atoms with Crippen molar-refractivity contribution in [2.24, 2.45) is 5.92 Å². The fraction of sp³-hybridized carbons (Fsp3) is 0.375. The monoisotopic (exact) mass is 382 g/mol. The van der Waals surface area contributed by atoms with Gasteiger partial charge in [-0.1, -0.05) is 12.1 Å². The Hall–Kier alpha value is -2.75. The molecule has 1 atom stereocenters. The Morgan fingerprint density at radius 1 is 1.23 bits per heavy atom. The van der Waals surface area contributed by atoms with E-state index in [0.29, 0.717) is 5.56 Å². The first kappa shape index (κ1) is 19.6. The first-order valence-electron chi connectivity index (χ1n) is 7.69. The topological polar surface area (TPSA) is 138 Å². The lowest BCUT2D eigenvalue weighted by Crippen LogP contribution is -2.52. The second-order valence-electron chi connectivity index (χ2n) is 5.94. The molecule has 0 saturated carbocycles. The van der Waals surface area contributed by atoms with Crippen LogP contribution in [0, 0.1) is 5.92 Å². The van der Waals surface area contributed by atoms with Gasteiger partial charge in [-0.05, 0) is 17.7 Å². The van der Waals surface area contributed by atoms with Gasteiger partial charge in [-0.3, -0.25) is 19.2 Å². The number of carbonyl (C=O) groups is 4. The highest BCUT2D eigenvalue weighted by Crippen LogP contribution is 2.19. The number of carbonyl (C=O) groups excluding carboxylic acids is 3. The maximum Gasteiger partial charge on any atom is 0.322 e. The van der Waals surface area contributed by atoms with Gasteiger partial charge in [0.15, 0.2) is 21.5 Å². The Balaban J connectivity index is 2.10. The Morgan fingerprint density at radius 3 is 2.38 bits per heavy atom. The van der Waals surface area contributed by atoms with Crippen molar-refractivity contribution in [2.75, 3.05) is 19.3 Å². The van der Waals surface area contributed by atoms with Crippen molar-refractivity contribution in [1.29, 1.82) is 0 Å². The van der Waals surface area contributed by atoms with Gasteiger partial charge in [-0.25, -0.2) is 8.42 Å². The van der Waals surface area contributed by atoms with Crippen LogP contribution in [-0.4, -0.2) is 61.3 Å². The summed E-state index contributed by atoms with van der Waals surface area (Å²) in [5.74, 6) is -5.02. The van der Waals surface area contributed by atoms with Crippen molar-refractivity contribution in [2.45, 2.75) is 17.9 Å². The molecule has 26 heavy (non-hydrogen) atoms. The highest BCUT2D eigenvalue weighted by Gasteiger charge is 2.40. The summed E-state index contributed by atoms with van der Waals surface area (Å²) in [4.78, 5) is 48.3. The summed E-state index contributed by atoms with van der Waals surface area (Å²) in [5.41, 5.74) is 0.643. The van der Waals surface area contributed by atoms with Crippen molar-refractivity contribution in [3.8, 4) is 0 Å². The van der Waals surface area contributed by atoms with Gasteiger partial charge in [-0.2, -0.15) is 0 Å². The molecule has 1 aliphatic heterocycles. The molecule has 10 heteroatoms. The standard InChI is InChI=1S/C16H18N2O7S/c1-26(24,25)11-4-2-10(3-5-11)9-18-7-6-12(19)14(16(18)23)15(22)17-8-13(20)21/h2-5,14H,6-9H2,1H3,(H,17,22)(H,20,21). The van der Waals surface area contributed by atoms with E-state index < -0.39 is 45.9 Å². The highest BCUT2D eigenvalue weighted by molar-refractivity contribution is 7.90. The molecule has 1 aromatic carbocycles. The number of ketones is 1.